The van der Waals surface area contributed by atoms with E-state index in [4.69, 9.17) is 0 Å². The molecule has 18 heavy (non-hydrogen) atoms. The van der Waals surface area contributed by atoms with Crippen molar-refractivity contribution in [1.82, 2.24) is 9.78 Å². The summed E-state index contributed by atoms with van der Waals surface area (Å²) in [5.41, 5.74) is 1.60. The molecule has 2 heterocycles. The second-order valence-electron chi connectivity index (χ2n) is 4.17. The van der Waals surface area contributed by atoms with E-state index in [2.05, 4.69) is 5.10 Å². The summed E-state index contributed by atoms with van der Waals surface area (Å²) in [5.74, 6) is -0.179. The number of nitrogens with zero attached hydrogens (tertiary/aromatic N) is 3. The third-order valence-corrected chi connectivity index (χ3v) is 2.89. The van der Waals surface area contributed by atoms with Gasteiger partial charge < -0.3 is 4.90 Å². The maximum Gasteiger partial charge on any atom is 0.234 e. The minimum atomic E-state index is -0.141. The summed E-state index contributed by atoms with van der Waals surface area (Å²) in [4.78, 5) is 24.4. The molecule has 1 amide bonds. The number of hydrogen-bond donors (Lipinski definition) is 0. The number of benzene rings is 1. The number of hydrogen-bond acceptors (Lipinski definition) is 3. The van der Waals surface area contributed by atoms with E-state index < -0.39 is 0 Å². The van der Waals surface area contributed by atoms with Crippen molar-refractivity contribution in [2.24, 2.45) is 0 Å². The smallest absolute Gasteiger partial charge is 0.234 e. The highest BCUT2D eigenvalue weighted by molar-refractivity contribution is 6.15. The number of anilines is 1. The van der Waals surface area contributed by atoms with E-state index in [0.29, 0.717) is 0 Å². The molecule has 5 nitrogen and oxygen atoms in total. The predicted octanol–water partition coefficient (Wildman–Crippen LogP) is 1.18. The third-order valence-electron chi connectivity index (χ3n) is 2.89. The average molecular weight is 241 g/mol. The monoisotopic (exact) mass is 241 g/mol. The first-order valence-corrected chi connectivity index (χ1v) is 5.66. The molecule has 0 aliphatic carbocycles. The highest BCUT2D eigenvalue weighted by Gasteiger charge is 2.28. The molecular formula is C13H11N3O2. The van der Waals surface area contributed by atoms with Gasteiger partial charge in [-0.1, -0.05) is 6.07 Å². The summed E-state index contributed by atoms with van der Waals surface area (Å²) in [6.45, 7) is 0.168. The number of amides is 1. The highest BCUT2D eigenvalue weighted by Crippen LogP contribution is 2.22. The topological polar surface area (TPSA) is 55.2 Å². The molecule has 3 rings (SSSR count). The quantitative estimate of drug-likeness (QED) is 0.742. The first kappa shape index (κ1) is 10.7. The van der Waals surface area contributed by atoms with Crippen LogP contribution in [0.25, 0.3) is 5.69 Å². The Labute approximate surface area is 104 Å². The van der Waals surface area contributed by atoms with Crippen molar-refractivity contribution >= 4 is 17.4 Å². The molecule has 2 aromatic rings. The fourth-order valence-corrected chi connectivity index (χ4v) is 2.04. The molecule has 0 bridgehead atoms. The zero-order valence-corrected chi connectivity index (χ0v) is 9.61. The lowest BCUT2D eigenvalue weighted by atomic mass is 10.2. The van der Waals surface area contributed by atoms with Crippen LogP contribution in [-0.4, -0.2) is 28.0 Å². The van der Waals surface area contributed by atoms with Crippen LogP contribution in [0.5, 0.6) is 0 Å². The molecule has 1 saturated heterocycles. The van der Waals surface area contributed by atoms with Gasteiger partial charge in [0.05, 0.1) is 18.7 Å². The van der Waals surface area contributed by atoms with Crippen molar-refractivity contribution < 1.29 is 9.59 Å². The highest BCUT2D eigenvalue weighted by atomic mass is 16.2. The van der Waals surface area contributed by atoms with Gasteiger partial charge in [0.1, 0.15) is 0 Å². The van der Waals surface area contributed by atoms with Crippen LogP contribution in [-0.2, 0) is 9.59 Å². The average Bonchev–Trinajstić information content (AvgIpc) is 2.99. The number of carbonyl (C=O) groups excluding carboxylic acids is 2. The minimum Gasteiger partial charge on any atom is -0.305 e. The summed E-state index contributed by atoms with van der Waals surface area (Å²) >= 11 is 0. The van der Waals surface area contributed by atoms with Crippen LogP contribution in [0, 0.1) is 0 Å². The van der Waals surface area contributed by atoms with Crippen LogP contribution in [0.4, 0.5) is 5.69 Å². The van der Waals surface area contributed by atoms with Crippen LogP contribution in [0.3, 0.4) is 0 Å². The molecule has 1 aliphatic rings. The molecule has 1 fully saturated rings. The molecule has 0 unspecified atom stereocenters. The zero-order chi connectivity index (χ0) is 12.5. The van der Waals surface area contributed by atoms with Crippen molar-refractivity contribution in [3.8, 4) is 5.69 Å². The Kier molecular flexibility index (Phi) is 2.44. The third kappa shape index (κ3) is 1.79. The Morgan fingerprint density at radius 1 is 1.11 bits per heavy atom. The van der Waals surface area contributed by atoms with Gasteiger partial charge in [0.2, 0.25) is 5.91 Å². The van der Waals surface area contributed by atoms with Crippen LogP contribution < -0.4 is 4.90 Å². The Hall–Kier alpha value is -2.43. The minimum absolute atomic E-state index is 0.00595. The largest absolute Gasteiger partial charge is 0.305 e. The maximum atomic E-state index is 11.7. The Morgan fingerprint density at radius 3 is 2.61 bits per heavy atom. The summed E-state index contributed by atoms with van der Waals surface area (Å²) in [6, 6.07) is 9.26. The molecule has 5 heteroatoms. The van der Waals surface area contributed by atoms with E-state index >= 15 is 0 Å². The Balaban J connectivity index is 1.97. The van der Waals surface area contributed by atoms with Gasteiger partial charge in [-0.3, -0.25) is 9.59 Å². The first-order valence-electron chi connectivity index (χ1n) is 5.66. The SMILES string of the molecule is O=C1CC(=O)N(c2cccc(-n3cccn3)c2)C1. The molecule has 1 aromatic carbocycles. The van der Waals surface area contributed by atoms with Gasteiger partial charge in [0, 0.05) is 18.1 Å². The molecule has 0 saturated carbocycles. The van der Waals surface area contributed by atoms with Crippen molar-refractivity contribution in [2.75, 3.05) is 11.4 Å². The number of rotatable bonds is 2. The van der Waals surface area contributed by atoms with Crippen LogP contribution in [0.2, 0.25) is 0 Å². The van der Waals surface area contributed by atoms with E-state index in [-0.39, 0.29) is 24.7 Å². The normalized spacial score (nSPS) is 15.4. The first-order chi connectivity index (χ1) is 8.74. The second-order valence-corrected chi connectivity index (χ2v) is 4.17. The predicted molar refractivity (Wildman–Crippen MR) is 65.5 cm³/mol. The number of ketones is 1. The lowest BCUT2D eigenvalue weighted by molar-refractivity contribution is -0.121. The van der Waals surface area contributed by atoms with Gasteiger partial charge in [0.15, 0.2) is 5.78 Å². The molecule has 0 radical (unpaired) electrons. The summed E-state index contributed by atoms with van der Waals surface area (Å²) < 4.78 is 1.71. The fourth-order valence-electron chi connectivity index (χ4n) is 2.04. The summed E-state index contributed by atoms with van der Waals surface area (Å²) in [6.07, 6.45) is 3.53. The van der Waals surface area contributed by atoms with E-state index in [1.807, 2.05) is 36.5 Å². The second kappa shape index (κ2) is 4.10. The molecule has 0 N–H and O–H groups in total. The standard InChI is InChI=1S/C13H11N3O2/c17-12-8-13(18)15(9-12)10-3-1-4-11(7-10)16-6-2-5-14-16/h1-7H,8-9H2. The van der Waals surface area contributed by atoms with E-state index in [0.717, 1.165) is 11.4 Å². The van der Waals surface area contributed by atoms with E-state index in [9.17, 15) is 9.59 Å². The molecule has 1 aromatic heterocycles. The lowest BCUT2D eigenvalue weighted by Gasteiger charge is -2.15. The van der Waals surface area contributed by atoms with Crippen molar-refractivity contribution in [2.45, 2.75) is 6.42 Å². The number of Topliss-reactive ketones (excluding diaryl/α,β-unsaturated/α-hetero) is 1. The fraction of sp³-hybridized carbons (Fsp3) is 0.154. The summed E-state index contributed by atoms with van der Waals surface area (Å²) in [5, 5.41) is 4.13. The van der Waals surface area contributed by atoms with E-state index in [1.165, 1.54) is 4.90 Å². The van der Waals surface area contributed by atoms with Crippen molar-refractivity contribution in [3.63, 3.8) is 0 Å². The molecular weight excluding hydrogens is 230 g/mol. The van der Waals surface area contributed by atoms with Crippen molar-refractivity contribution in [1.29, 1.82) is 0 Å². The summed E-state index contributed by atoms with van der Waals surface area (Å²) in [7, 11) is 0. The van der Waals surface area contributed by atoms with Gasteiger partial charge >= 0.3 is 0 Å². The van der Waals surface area contributed by atoms with Crippen molar-refractivity contribution in [3.05, 3.63) is 42.7 Å². The molecule has 0 atom stereocenters. The van der Waals surface area contributed by atoms with Gasteiger partial charge in [-0.25, -0.2) is 4.68 Å². The van der Waals surface area contributed by atoms with Crippen LogP contribution >= 0.6 is 0 Å². The molecule has 90 valence electrons. The zero-order valence-electron chi connectivity index (χ0n) is 9.61. The van der Waals surface area contributed by atoms with E-state index in [1.54, 1.807) is 10.9 Å². The number of carbonyl (C=O) groups is 2. The Morgan fingerprint density at radius 2 is 1.94 bits per heavy atom. The van der Waals surface area contributed by atoms with Gasteiger partial charge in [-0.05, 0) is 24.3 Å². The number of aromatic nitrogens is 2. The van der Waals surface area contributed by atoms with Gasteiger partial charge in [0.25, 0.3) is 0 Å². The molecule has 1 aliphatic heterocycles. The lowest BCUT2D eigenvalue weighted by Crippen LogP contribution is -2.24. The van der Waals surface area contributed by atoms with Gasteiger partial charge in [-0.15, -0.1) is 0 Å². The van der Waals surface area contributed by atoms with Crippen LogP contribution in [0.1, 0.15) is 6.42 Å². The maximum absolute atomic E-state index is 11.7. The van der Waals surface area contributed by atoms with Crippen LogP contribution in [0.15, 0.2) is 42.7 Å². The Bertz CT molecular complexity index is 604. The molecule has 0 spiro atoms. The van der Waals surface area contributed by atoms with Gasteiger partial charge in [-0.2, -0.15) is 5.10 Å².